The summed E-state index contributed by atoms with van der Waals surface area (Å²) in [5.41, 5.74) is 2.62. The standard InChI is InChI=1S/C19H18ClN3O2/c1-2-12-3-5-13(6-4-12)16-11-17(24)22-19(21-16)23-18(25)14-7-9-15(20)10-8-14/h3-10,16H,2,11H2,1H3,(H2,21,22,23,24,25). The Labute approximate surface area is 151 Å². The molecule has 1 atom stereocenters. The van der Waals surface area contributed by atoms with E-state index in [1.165, 1.54) is 5.56 Å². The fraction of sp³-hybridized carbons (Fsp3) is 0.211. The van der Waals surface area contributed by atoms with Gasteiger partial charge in [0.15, 0.2) is 0 Å². The van der Waals surface area contributed by atoms with Crippen LogP contribution in [0.2, 0.25) is 5.02 Å². The van der Waals surface area contributed by atoms with Crippen molar-refractivity contribution in [2.45, 2.75) is 25.8 Å². The van der Waals surface area contributed by atoms with E-state index in [0.717, 1.165) is 12.0 Å². The second kappa shape index (κ2) is 7.49. The van der Waals surface area contributed by atoms with Crippen molar-refractivity contribution in [2.75, 3.05) is 0 Å². The van der Waals surface area contributed by atoms with Gasteiger partial charge < -0.3 is 0 Å². The Balaban J connectivity index is 1.77. The molecule has 2 aromatic carbocycles. The summed E-state index contributed by atoms with van der Waals surface area (Å²) in [5.74, 6) is -0.357. The highest BCUT2D eigenvalue weighted by Crippen LogP contribution is 2.24. The first-order chi connectivity index (χ1) is 12.0. The Morgan fingerprint density at radius 1 is 1.20 bits per heavy atom. The molecular formula is C19H18ClN3O2. The largest absolute Gasteiger partial charge is 0.296 e. The van der Waals surface area contributed by atoms with Crippen LogP contribution in [0.1, 0.15) is 40.9 Å². The maximum Gasteiger partial charge on any atom is 0.257 e. The normalized spacial score (nSPS) is 16.8. The molecule has 0 bridgehead atoms. The lowest BCUT2D eigenvalue weighted by Crippen LogP contribution is -2.47. The molecule has 2 amide bonds. The number of hydrogen-bond acceptors (Lipinski definition) is 3. The monoisotopic (exact) mass is 355 g/mol. The molecule has 2 aromatic rings. The van der Waals surface area contributed by atoms with Gasteiger partial charge >= 0.3 is 0 Å². The number of carbonyl (C=O) groups excluding carboxylic acids is 2. The van der Waals surface area contributed by atoms with E-state index in [-0.39, 0.29) is 30.2 Å². The SMILES string of the molecule is CCc1ccc(C2CC(=O)NC(NC(=O)c3ccc(Cl)cc3)=N2)cc1. The van der Waals surface area contributed by atoms with E-state index in [2.05, 4.69) is 22.5 Å². The summed E-state index contributed by atoms with van der Waals surface area (Å²) in [5, 5.41) is 5.80. The highest BCUT2D eigenvalue weighted by atomic mass is 35.5. The maximum absolute atomic E-state index is 12.3. The first kappa shape index (κ1) is 17.2. The van der Waals surface area contributed by atoms with Gasteiger partial charge in [0.05, 0.1) is 12.5 Å². The van der Waals surface area contributed by atoms with E-state index in [9.17, 15) is 9.59 Å². The van der Waals surface area contributed by atoms with E-state index in [0.29, 0.717) is 10.6 Å². The minimum Gasteiger partial charge on any atom is -0.296 e. The zero-order valence-electron chi connectivity index (χ0n) is 13.8. The van der Waals surface area contributed by atoms with Gasteiger partial charge in [-0.25, -0.2) is 4.99 Å². The Bertz CT molecular complexity index is 814. The lowest BCUT2D eigenvalue weighted by molar-refractivity contribution is -0.120. The first-order valence-corrected chi connectivity index (χ1v) is 8.46. The fourth-order valence-corrected chi connectivity index (χ4v) is 2.73. The summed E-state index contributed by atoms with van der Waals surface area (Å²) in [6.45, 7) is 2.09. The zero-order chi connectivity index (χ0) is 17.8. The molecule has 1 aliphatic heterocycles. The second-order valence-corrected chi connectivity index (χ2v) is 6.24. The third-order valence-electron chi connectivity index (χ3n) is 4.03. The van der Waals surface area contributed by atoms with Gasteiger partial charge in [-0.3, -0.25) is 20.2 Å². The van der Waals surface area contributed by atoms with Crippen molar-refractivity contribution in [1.82, 2.24) is 10.6 Å². The lowest BCUT2D eigenvalue weighted by atomic mass is 10.0. The predicted molar refractivity (Wildman–Crippen MR) is 97.7 cm³/mol. The highest BCUT2D eigenvalue weighted by molar-refractivity contribution is 6.30. The van der Waals surface area contributed by atoms with Crippen LogP contribution in [0.5, 0.6) is 0 Å². The molecule has 1 unspecified atom stereocenters. The second-order valence-electron chi connectivity index (χ2n) is 5.80. The van der Waals surface area contributed by atoms with Crippen molar-refractivity contribution in [3.63, 3.8) is 0 Å². The Morgan fingerprint density at radius 3 is 2.52 bits per heavy atom. The van der Waals surface area contributed by atoms with Crippen molar-refractivity contribution in [3.8, 4) is 0 Å². The van der Waals surface area contributed by atoms with Crippen molar-refractivity contribution >= 4 is 29.4 Å². The molecule has 3 rings (SSSR count). The third-order valence-corrected chi connectivity index (χ3v) is 4.28. The molecule has 0 aliphatic carbocycles. The molecule has 128 valence electrons. The topological polar surface area (TPSA) is 70.6 Å². The van der Waals surface area contributed by atoms with Gasteiger partial charge in [-0.05, 0) is 41.8 Å². The van der Waals surface area contributed by atoms with Crippen LogP contribution < -0.4 is 10.6 Å². The van der Waals surface area contributed by atoms with Crippen LogP contribution >= 0.6 is 11.6 Å². The first-order valence-electron chi connectivity index (χ1n) is 8.08. The van der Waals surface area contributed by atoms with Crippen LogP contribution in [0.3, 0.4) is 0 Å². The molecule has 0 saturated heterocycles. The maximum atomic E-state index is 12.3. The Hall–Kier alpha value is -2.66. The van der Waals surface area contributed by atoms with Crippen LogP contribution in [0.15, 0.2) is 53.5 Å². The predicted octanol–water partition coefficient (Wildman–Crippen LogP) is 3.25. The lowest BCUT2D eigenvalue weighted by Gasteiger charge is -2.21. The van der Waals surface area contributed by atoms with Crippen molar-refractivity contribution in [2.24, 2.45) is 4.99 Å². The number of halogens is 1. The average Bonchev–Trinajstić information content (AvgIpc) is 2.62. The van der Waals surface area contributed by atoms with Crippen LogP contribution in [0.25, 0.3) is 0 Å². The fourth-order valence-electron chi connectivity index (χ4n) is 2.60. The van der Waals surface area contributed by atoms with Gasteiger partial charge in [-0.2, -0.15) is 0 Å². The van der Waals surface area contributed by atoms with E-state index in [4.69, 9.17) is 11.6 Å². The number of nitrogens with zero attached hydrogens (tertiary/aromatic N) is 1. The van der Waals surface area contributed by atoms with E-state index >= 15 is 0 Å². The van der Waals surface area contributed by atoms with Gasteiger partial charge in [0.2, 0.25) is 11.9 Å². The average molecular weight is 356 g/mol. The van der Waals surface area contributed by atoms with Gasteiger partial charge in [0.25, 0.3) is 5.91 Å². The molecule has 2 N–H and O–H groups in total. The number of carbonyl (C=O) groups is 2. The smallest absolute Gasteiger partial charge is 0.257 e. The van der Waals surface area contributed by atoms with E-state index in [1.807, 2.05) is 24.3 Å². The van der Waals surface area contributed by atoms with Gasteiger partial charge in [0, 0.05) is 10.6 Å². The summed E-state index contributed by atoms with van der Waals surface area (Å²) in [6.07, 6.45) is 1.21. The molecule has 25 heavy (non-hydrogen) atoms. The molecule has 0 saturated carbocycles. The third kappa shape index (κ3) is 4.25. The minimum atomic E-state index is -0.349. The molecule has 1 aliphatic rings. The summed E-state index contributed by atoms with van der Waals surface area (Å²) in [6, 6.07) is 14.2. The number of aliphatic imine (C=N–C) groups is 1. The van der Waals surface area contributed by atoms with Gasteiger partial charge in [-0.1, -0.05) is 42.8 Å². The molecule has 5 nitrogen and oxygen atoms in total. The molecule has 0 spiro atoms. The van der Waals surface area contributed by atoms with Crippen LogP contribution in [0.4, 0.5) is 0 Å². The van der Waals surface area contributed by atoms with Crippen LogP contribution in [-0.4, -0.2) is 17.8 Å². The number of hydrogen-bond donors (Lipinski definition) is 2. The minimum absolute atomic E-state index is 0.167. The number of amides is 2. The quantitative estimate of drug-likeness (QED) is 0.887. The summed E-state index contributed by atoms with van der Waals surface area (Å²) in [7, 11) is 0. The Kier molecular flexibility index (Phi) is 5.14. The van der Waals surface area contributed by atoms with Gasteiger partial charge in [-0.15, -0.1) is 0 Å². The Morgan fingerprint density at radius 2 is 1.88 bits per heavy atom. The molecule has 0 fully saturated rings. The van der Waals surface area contributed by atoms with Crippen molar-refractivity contribution < 1.29 is 9.59 Å². The van der Waals surface area contributed by atoms with E-state index < -0.39 is 0 Å². The molecule has 1 heterocycles. The van der Waals surface area contributed by atoms with Crippen LogP contribution in [0, 0.1) is 0 Å². The number of rotatable bonds is 3. The number of aryl methyl sites for hydroxylation is 1. The zero-order valence-corrected chi connectivity index (χ0v) is 14.5. The molecular weight excluding hydrogens is 338 g/mol. The molecule has 0 radical (unpaired) electrons. The van der Waals surface area contributed by atoms with Gasteiger partial charge in [0.1, 0.15) is 0 Å². The van der Waals surface area contributed by atoms with Crippen molar-refractivity contribution in [1.29, 1.82) is 0 Å². The number of benzene rings is 2. The van der Waals surface area contributed by atoms with Crippen LogP contribution in [-0.2, 0) is 11.2 Å². The summed E-state index contributed by atoms with van der Waals surface area (Å²) in [4.78, 5) is 28.7. The van der Waals surface area contributed by atoms with Crippen molar-refractivity contribution in [3.05, 3.63) is 70.2 Å². The highest BCUT2D eigenvalue weighted by Gasteiger charge is 2.23. The summed E-state index contributed by atoms with van der Waals surface area (Å²) < 4.78 is 0. The number of guanidine groups is 1. The van der Waals surface area contributed by atoms with E-state index in [1.54, 1.807) is 24.3 Å². The summed E-state index contributed by atoms with van der Waals surface area (Å²) >= 11 is 5.82. The molecule has 0 aromatic heterocycles. The number of nitrogens with one attached hydrogen (secondary N) is 2. The molecule has 6 heteroatoms.